The van der Waals surface area contributed by atoms with Gasteiger partial charge in [-0.2, -0.15) is 0 Å². The number of nitrogens with two attached hydrogens (primary N) is 1. The zero-order valence-electron chi connectivity index (χ0n) is 11.2. The van der Waals surface area contributed by atoms with Gasteiger partial charge in [0, 0.05) is 21.6 Å². The van der Waals surface area contributed by atoms with Gasteiger partial charge in [0.15, 0.2) is 0 Å². The van der Waals surface area contributed by atoms with Gasteiger partial charge in [-0.05, 0) is 36.4 Å². The van der Waals surface area contributed by atoms with Crippen LogP contribution in [0.2, 0.25) is 0 Å². The highest BCUT2D eigenvalue weighted by Gasteiger charge is 2.08. The van der Waals surface area contributed by atoms with Crippen LogP contribution in [0.3, 0.4) is 0 Å². The van der Waals surface area contributed by atoms with Crippen molar-refractivity contribution in [2.24, 2.45) is 0 Å². The molecular formula is C16H14BrN3O. The molecule has 0 aliphatic rings. The van der Waals surface area contributed by atoms with Crippen LogP contribution < -0.4 is 11.1 Å². The van der Waals surface area contributed by atoms with Gasteiger partial charge in [0.1, 0.15) is 6.54 Å². The van der Waals surface area contributed by atoms with Gasteiger partial charge in [0.25, 0.3) is 0 Å². The molecular weight excluding hydrogens is 330 g/mol. The number of hydrogen-bond donors (Lipinski definition) is 2. The first-order chi connectivity index (χ1) is 10.1. The zero-order valence-corrected chi connectivity index (χ0v) is 12.8. The molecule has 5 heteroatoms. The van der Waals surface area contributed by atoms with E-state index < -0.39 is 0 Å². The fourth-order valence-electron chi connectivity index (χ4n) is 2.26. The molecule has 4 nitrogen and oxygen atoms in total. The van der Waals surface area contributed by atoms with Gasteiger partial charge in [-0.15, -0.1) is 0 Å². The summed E-state index contributed by atoms with van der Waals surface area (Å²) >= 11 is 3.44. The molecule has 0 fully saturated rings. The molecule has 3 N–H and O–H groups in total. The lowest BCUT2D eigenvalue weighted by Crippen LogP contribution is -2.18. The van der Waals surface area contributed by atoms with Crippen molar-refractivity contribution in [3.8, 4) is 0 Å². The number of halogens is 1. The number of para-hydroxylation sites is 2. The first kappa shape index (κ1) is 13.7. The predicted molar refractivity (Wildman–Crippen MR) is 89.1 cm³/mol. The maximum Gasteiger partial charge on any atom is 0.244 e. The van der Waals surface area contributed by atoms with Crippen LogP contribution in [-0.2, 0) is 11.3 Å². The van der Waals surface area contributed by atoms with E-state index in [1.54, 1.807) is 12.1 Å². The topological polar surface area (TPSA) is 60.0 Å². The van der Waals surface area contributed by atoms with E-state index in [0.29, 0.717) is 11.4 Å². The molecule has 0 aliphatic heterocycles. The molecule has 0 spiro atoms. The number of aromatic nitrogens is 1. The Bertz CT molecular complexity index is 810. The van der Waals surface area contributed by atoms with E-state index in [1.807, 2.05) is 47.2 Å². The molecule has 0 bridgehead atoms. The van der Waals surface area contributed by atoms with Crippen LogP contribution in [0.15, 0.2) is 59.2 Å². The Morgan fingerprint density at radius 2 is 2.00 bits per heavy atom. The Labute approximate surface area is 130 Å². The summed E-state index contributed by atoms with van der Waals surface area (Å²) in [6.45, 7) is 0.249. The van der Waals surface area contributed by atoms with Crippen LogP contribution >= 0.6 is 15.9 Å². The van der Waals surface area contributed by atoms with E-state index in [-0.39, 0.29) is 12.5 Å². The number of anilines is 2. The summed E-state index contributed by atoms with van der Waals surface area (Å²) in [4.78, 5) is 12.1. The average Bonchev–Trinajstić information content (AvgIpc) is 2.83. The molecule has 1 amide bonds. The maximum absolute atomic E-state index is 12.1. The number of carbonyl (C=O) groups excluding carboxylic acids is 1. The first-order valence-electron chi connectivity index (χ1n) is 6.52. The quantitative estimate of drug-likeness (QED) is 0.713. The highest BCUT2D eigenvalue weighted by molar-refractivity contribution is 9.10. The third kappa shape index (κ3) is 2.92. The minimum Gasteiger partial charge on any atom is -0.397 e. The lowest BCUT2D eigenvalue weighted by Gasteiger charge is -2.09. The van der Waals surface area contributed by atoms with Gasteiger partial charge in [-0.3, -0.25) is 4.79 Å². The highest BCUT2D eigenvalue weighted by atomic mass is 79.9. The molecule has 3 rings (SSSR count). The molecule has 1 heterocycles. The lowest BCUT2D eigenvalue weighted by molar-refractivity contribution is -0.116. The molecule has 0 saturated heterocycles. The fraction of sp³-hybridized carbons (Fsp3) is 0.0625. The highest BCUT2D eigenvalue weighted by Crippen LogP contribution is 2.21. The number of carbonyl (C=O) groups is 1. The fourth-order valence-corrected chi connectivity index (χ4v) is 2.64. The molecule has 0 saturated carbocycles. The van der Waals surface area contributed by atoms with Gasteiger partial charge in [-0.1, -0.05) is 28.1 Å². The summed E-state index contributed by atoms with van der Waals surface area (Å²) in [6.07, 6.45) is 1.91. The monoisotopic (exact) mass is 343 g/mol. The summed E-state index contributed by atoms with van der Waals surface area (Å²) in [5.74, 6) is -0.103. The van der Waals surface area contributed by atoms with Crippen LogP contribution in [0.1, 0.15) is 0 Å². The second-order valence-electron chi connectivity index (χ2n) is 4.78. The van der Waals surface area contributed by atoms with Crippen LogP contribution in [0.5, 0.6) is 0 Å². The number of benzene rings is 2. The molecule has 106 valence electrons. The molecule has 3 aromatic rings. The molecule has 0 aliphatic carbocycles. The zero-order chi connectivity index (χ0) is 14.8. The normalized spacial score (nSPS) is 10.7. The molecule has 1 aromatic heterocycles. The summed E-state index contributed by atoms with van der Waals surface area (Å²) < 4.78 is 2.94. The summed E-state index contributed by atoms with van der Waals surface area (Å²) in [7, 11) is 0. The third-order valence-corrected chi connectivity index (χ3v) is 3.78. The number of hydrogen-bond acceptors (Lipinski definition) is 2. The van der Waals surface area contributed by atoms with Crippen LogP contribution in [0.25, 0.3) is 10.9 Å². The third-order valence-electron chi connectivity index (χ3n) is 3.28. The van der Waals surface area contributed by atoms with E-state index >= 15 is 0 Å². The average molecular weight is 344 g/mol. The number of nitrogens with zero attached hydrogens (tertiary/aromatic N) is 1. The van der Waals surface area contributed by atoms with Gasteiger partial charge < -0.3 is 15.6 Å². The second-order valence-corrected chi connectivity index (χ2v) is 5.70. The van der Waals surface area contributed by atoms with E-state index in [0.717, 1.165) is 15.4 Å². The Morgan fingerprint density at radius 3 is 2.81 bits per heavy atom. The van der Waals surface area contributed by atoms with Crippen LogP contribution in [0, 0.1) is 0 Å². The van der Waals surface area contributed by atoms with Crippen molar-refractivity contribution in [2.75, 3.05) is 11.1 Å². The SMILES string of the molecule is Nc1ccccc1NC(=O)Cn1ccc2cc(Br)ccc21. The minimum absolute atomic E-state index is 0.103. The smallest absolute Gasteiger partial charge is 0.244 e. The van der Waals surface area contributed by atoms with E-state index in [1.165, 1.54) is 0 Å². The summed E-state index contributed by atoms with van der Waals surface area (Å²) in [6, 6.07) is 15.2. The van der Waals surface area contributed by atoms with E-state index in [2.05, 4.69) is 21.2 Å². The number of fused-ring (bicyclic) bond motifs is 1. The summed E-state index contributed by atoms with van der Waals surface area (Å²) in [5.41, 5.74) is 8.05. The number of nitrogens with one attached hydrogen (secondary N) is 1. The van der Waals surface area contributed by atoms with Gasteiger partial charge in [0.2, 0.25) is 5.91 Å². The largest absolute Gasteiger partial charge is 0.397 e. The van der Waals surface area contributed by atoms with E-state index in [9.17, 15) is 4.79 Å². The minimum atomic E-state index is -0.103. The van der Waals surface area contributed by atoms with Crippen LogP contribution in [0.4, 0.5) is 11.4 Å². The van der Waals surface area contributed by atoms with Gasteiger partial charge in [0.05, 0.1) is 11.4 Å². The van der Waals surface area contributed by atoms with Crippen molar-refractivity contribution >= 4 is 44.1 Å². The first-order valence-corrected chi connectivity index (χ1v) is 7.31. The molecule has 0 unspecified atom stereocenters. The predicted octanol–water partition coefficient (Wildman–Crippen LogP) is 3.62. The van der Waals surface area contributed by atoms with Crippen molar-refractivity contribution in [1.29, 1.82) is 0 Å². The van der Waals surface area contributed by atoms with Crippen LogP contribution in [-0.4, -0.2) is 10.5 Å². The maximum atomic E-state index is 12.1. The Kier molecular flexibility index (Phi) is 3.66. The van der Waals surface area contributed by atoms with Gasteiger partial charge in [-0.25, -0.2) is 0 Å². The van der Waals surface area contributed by atoms with Crippen molar-refractivity contribution in [2.45, 2.75) is 6.54 Å². The van der Waals surface area contributed by atoms with Crippen molar-refractivity contribution < 1.29 is 4.79 Å². The molecule has 21 heavy (non-hydrogen) atoms. The number of amides is 1. The summed E-state index contributed by atoms with van der Waals surface area (Å²) in [5, 5.41) is 3.92. The number of rotatable bonds is 3. The standard InChI is InChI=1S/C16H14BrN3O/c17-12-5-6-15-11(9-12)7-8-20(15)10-16(21)19-14-4-2-1-3-13(14)18/h1-9H,10,18H2,(H,19,21). The van der Waals surface area contributed by atoms with Crippen molar-refractivity contribution in [1.82, 2.24) is 4.57 Å². The molecule has 0 radical (unpaired) electrons. The second kappa shape index (κ2) is 5.61. The van der Waals surface area contributed by atoms with Gasteiger partial charge >= 0.3 is 0 Å². The van der Waals surface area contributed by atoms with E-state index in [4.69, 9.17) is 5.73 Å². The Hall–Kier alpha value is -2.27. The Morgan fingerprint density at radius 1 is 1.19 bits per heavy atom. The Balaban J connectivity index is 1.79. The lowest BCUT2D eigenvalue weighted by atomic mass is 10.2. The molecule has 0 atom stereocenters. The number of nitrogen functional groups attached to an aromatic ring is 1. The molecule has 2 aromatic carbocycles. The van der Waals surface area contributed by atoms with Crippen molar-refractivity contribution in [3.63, 3.8) is 0 Å². The van der Waals surface area contributed by atoms with Crippen molar-refractivity contribution in [3.05, 3.63) is 59.2 Å².